The summed E-state index contributed by atoms with van der Waals surface area (Å²) in [5.74, 6) is 0.294. The lowest BCUT2D eigenvalue weighted by Crippen LogP contribution is -2.36. The zero-order valence-electron chi connectivity index (χ0n) is 10.4. The molecule has 0 radical (unpaired) electrons. The molecule has 1 aromatic rings. The van der Waals surface area contributed by atoms with Gasteiger partial charge in [0.05, 0.1) is 6.54 Å². The molecular formula is C12H17F3N3-. The van der Waals surface area contributed by atoms with Crippen molar-refractivity contribution in [1.29, 1.82) is 0 Å². The first-order valence-corrected chi connectivity index (χ1v) is 5.75. The lowest BCUT2D eigenvalue weighted by Gasteiger charge is -2.20. The second-order valence-electron chi connectivity index (χ2n) is 4.51. The quantitative estimate of drug-likeness (QED) is 0.875. The van der Waals surface area contributed by atoms with E-state index in [0.29, 0.717) is 6.42 Å². The van der Waals surface area contributed by atoms with Gasteiger partial charge in [-0.2, -0.15) is 13.2 Å². The molecule has 2 atom stereocenters. The van der Waals surface area contributed by atoms with Gasteiger partial charge in [-0.3, -0.25) is 0 Å². The molecule has 18 heavy (non-hydrogen) atoms. The maximum absolute atomic E-state index is 12.0. The molecule has 6 heteroatoms. The van der Waals surface area contributed by atoms with Crippen LogP contribution >= 0.6 is 0 Å². The second-order valence-corrected chi connectivity index (χ2v) is 4.51. The third-order valence-corrected chi connectivity index (χ3v) is 2.71. The highest BCUT2D eigenvalue weighted by Crippen LogP contribution is 2.22. The van der Waals surface area contributed by atoms with Crippen LogP contribution in [0.25, 0.3) is 5.73 Å². The summed E-state index contributed by atoms with van der Waals surface area (Å²) in [4.78, 5) is 3.86. The molecule has 0 amide bonds. The zero-order valence-corrected chi connectivity index (χ0v) is 10.4. The van der Waals surface area contributed by atoms with Gasteiger partial charge in [0, 0.05) is 6.04 Å². The number of nitrogens with zero attached hydrogens (tertiary/aromatic N) is 1. The third kappa shape index (κ3) is 5.35. The van der Waals surface area contributed by atoms with E-state index in [4.69, 9.17) is 5.73 Å². The number of hydrogen-bond acceptors (Lipinski definition) is 2. The maximum atomic E-state index is 12.0. The highest BCUT2D eigenvalue weighted by atomic mass is 19.4. The van der Waals surface area contributed by atoms with E-state index in [2.05, 4.69) is 10.3 Å². The largest absolute Gasteiger partial charge is 0.482 e. The zero-order chi connectivity index (χ0) is 13.8. The average Bonchev–Trinajstić information content (AvgIpc) is 2.26. The number of halogens is 3. The van der Waals surface area contributed by atoms with Crippen LogP contribution in [0.2, 0.25) is 0 Å². The van der Waals surface area contributed by atoms with Gasteiger partial charge in [0.15, 0.2) is 0 Å². The van der Waals surface area contributed by atoms with Crippen molar-refractivity contribution < 1.29 is 13.2 Å². The fourth-order valence-electron chi connectivity index (χ4n) is 1.74. The summed E-state index contributed by atoms with van der Waals surface area (Å²) in [5.41, 5.74) is 8.20. The summed E-state index contributed by atoms with van der Waals surface area (Å²) < 4.78 is 36.1. The highest BCUT2D eigenvalue weighted by Gasteiger charge is 2.27. The van der Waals surface area contributed by atoms with E-state index in [9.17, 15) is 13.2 Å². The van der Waals surface area contributed by atoms with Crippen molar-refractivity contribution in [3.05, 3.63) is 29.6 Å². The summed E-state index contributed by atoms with van der Waals surface area (Å²) in [7, 11) is 0. The second kappa shape index (κ2) is 6.04. The lowest BCUT2D eigenvalue weighted by molar-refractivity contribution is -0.126. The standard InChI is InChI=1S/C12H17F3N3/c1-8(10-3-4-11(16)17-6-10)5-9(2)18-7-12(13,14)15/h3-4,6,8-9,18H,5,7H2,1-2H3,(H-,16,17)/q-1. The van der Waals surface area contributed by atoms with Gasteiger partial charge in [-0.1, -0.05) is 31.1 Å². The van der Waals surface area contributed by atoms with E-state index in [1.807, 2.05) is 6.92 Å². The molecule has 3 nitrogen and oxygen atoms in total. The van der Waals surface area contributed by atoms with Gasteiger partial charge < -0.3 is 16.0 Å². The van der Waals surface area contributed by atoms with E-state index in [1.54, 1.807) is 25.3 Å². The Balaban J connectivity index is 2.44. The Labute approximate surface area is 105 Å². The van der Waals surface area contributed by atoms with Crippen LogP contribution in [0.1, 0.15) is 31.7 Å². The number of nitrogens with one attached hydrogen (secondary N) is 2. The Hall–Kier alpha value is -1.30. The monoisotopic (exact) mass is 260 g/mol. The van der Waals surface area contributed by atoms with Crippen molar-refractivity contribution in [3.8, 4) is 0 Å². The van der Waals surface area contributed by atoms with Crippen molar-refractivity contribution in [2.24, 2.45) is 0 Å². The van der Waals surface area contributed by atoms with Crippen LogP contribution in [-0.2, 0) is 0 Å². The summed E-state index contributed by atoms with van der Waals surface area (Å²) in [6.07, 6.45) is -1.98. The highest BCUT2D eigenvalue weighted by molar-refractivity contribution is 5.34. The summed E-state index contributed by atoms with van der Waals surface area (Å²) in [5, 5.41) is 2.45. The molecule has 102 valence electrons. The van der Waals surface area contributed by atoms with Crippen molar-refractivity contribution in [3.63, 3.8) is 0 Å². The first-order chi connectivity index (χ1) is 8.28. The Kier molecular flexibility index (Phi) is 4.95. The van der Waals surface area contributed by atoms with Crippen LogP contribution in [0.15, 0.2) is 18.3 Å². The van der Waals surface area contributed by atoms with Crippen LogP contribution in [0.4, 0.5) is 19.0 Å². The third-order valence-electron chi connectivity index (χ3n) is 2.71. The molecule has 1 heterocycles. The van der Waals surface area contributed by atoms with Gasteiger partial charge in [-0.25, -0.2) is 0 Å². The predicted octanol–water partition coefficient (Wildman–Crippen LogP) is 3.80. The molecule has 0 saturated heterocycles. The molecule has 0 aliphatic rings. The van der Waals surface area contributed by atoms with Gasteiger partial charge in [0.1, 0.15) is 0 Å². The fraction of sp³-hybridized carbons (Fsp3) is 0.583. The van der Waals surface area contributed by atoms with Crippen molar-refractivity contribution in [2.45, 2.75) is 38.4 Å². The number of hydrogen-bond donors (Lipinski definition) is 1. The molecule has 1 rings (SSSR count). The molecule has 0 saturated carbocycles. The number of rotatable bonds is 5. The Morgan fingerprint density at radius 3 is 2.50 bits per heavy atom. The first-order valence-electron chi connectivity index (χ1n) is 5.75. The molecule has 0 aromatic carbocycles. The molecule has 2 N–H and O–H groups in total. The lowest BCUT2D eigenvalue weighted by atomic mass is 9.96. The fourth-order valence-corrected chi connectivity index (χ4v) is 1.74. The first kappa shape index (κ1) is 14.8. The van der Waals surface area contributed by atoms with E-state index in [1.165, 1.54) is 0 Å². The van der Waals surface area contributed by atoms with Gasteiger partial charge in [-0.05, 0) is 24.8 Å². The summed E-state index contributed by atoms with van der Waals surface area (Å²) >= 11 is 0. The van der Waals surface area contributed by atoms with Crippen LogP contribution in [-0.4, -0.2) is 23.7 Å². The normalized spacial score (nSPS) is 15.4. The number of pyridine rings is 1. The molecule has 1 aromatic heterocycles. The van der Waals surface area contributed by atoms with Crippen molar-refractivity contribution in [1.82, 2.24) is 10.3 Å². The van der Waals surface area contributed by atoms with E-state index in [0.717, 1.165) is 5.56 Å². The van der Waals surface area contributed by atoms with Crippen LogP contribution in [0, 0.1) is 0 Å². The molecule has 0 aliphatic carbocycles. The van der Waals surface area contributed by atoms with Crippen LogP contribution in [0.5, 0.6) is 0 Å². The smallest absolute Gasteiger partial charge is 0.401 e. The van der Waals surface area contributed by atoms with Crippen molar-refractivity contribution >= 4 is 5.82 Å². The van der Waals surface area contributed by atoms with E-state index in [-0.39, 0.29) is 17.8 Å². The molecule has 0 bridgehead atoms. The van der Waals surface area contributed by atoms with Gasteiger partial charge in [0.2, 0.25) is 0 Å². The van der Waals surface area contributed by atoms with E-state index >= 15 is 0 Å². The summed E-state index contributed by atoms with van der Waals surface area (Å²) in [6.45, 7) is 2.70. The van der Waals surface area contributed by atoms with Gasteiger partial charge in [-0.15, -0.1) is 0 Å². The van der Waals surface area contributed by atoms with Gasteiger partial charge in [0.25, 0.3) is 0 Å². The average molecular weight is 260 g/mol. The maximum Gasteiger partial charge on any atom is 0.401 e. The Bertz CT molecular complexity index is 362. The number of aromatic nitrogens is 1. The molecule has 0 fully saturated rings. The molecule has 0 spiro atoms. The molecule has 0 aliphatic heterocycles. The topological polar surface area (TPSA) is 48.7 Å². The Morgan fingerprint density at radius 1 is 1.33 bits per heavy atom. The van der Waals surface area contributed by atoms with Gasteiger partial charge >= 0.3 is 6.18 Å². The predicted molar refractivity (Wildman–Crippen MR) is 64.8 cm³/mol. The van der Waals surface area contributed by atoms with Crippen LogP contribution in [0.3, 0.4) is 0 Å². The van der Waals surface area contributed by atoms with Crippen molar-refractivity contribution in [2.75, 3.05) is 6.54 Å². The minimum absolute atomic E-state index is 0.105. The number of alkyl halides is 3. The SMILES string of the molecule is CC(CC(C)c1ccc([NH-])nc1)NCC(F)(F)F. The Morgan fingerprint density at radius 2 is 2.00 bits per heavy atom. The summed E-state index contributed by atoms with van der Waals surface area (Å²) in [6, 6.07) is 3.15. The minimum atomic E-state index is -4.17. The molecule has 2 unspecified atom stereocenters. The molecular weight excluding hydrogens is 243 g/mol. The van der Waals surface area contributed by atoms with E-state index < -0.39 is 12.7 Å². The minimum Gasteiger partial charge on any atom is -0.482 e. The van der Waals surface area contributed by atoms with Crippen LogP contribution < -0.4 is 5.32 Å².